The Balaban J connectivity index is 1.46. The highest BCUT2D eigenvalue weighted by atomic mass is 15.2. The second-order valence-corrected chi connectivity index (χ2v) is 6.66. The van der Waals surface area contributed by atoms with Gasteiger partial charge in [-0.25, -0.2) is 4.98 Å². The van der Waals surface area contributed by atoms with Crippen molar-refractivity contribution in [2.24, 2.45) is 5.92 Å². The number of nitrogens with zero attached hydrogens (tertiary/aromatic N) is 3. The highest BCUT2D eigenvalue weighted by molar-refractivity contribution is 5.31. The minimum absolute atomic E-state index is 0.603. The largest absolute Gasteiger partial charge is 0.384 e. The maximum Gasteiger partial charge on any atom is 0.123 e. The van der Waals surface area contributed by atoms with Crippen molar-refractivity contribution in [3.63, 3.8) is 0 Å². The van der Waals surface area contributed by atoms with Crippen LogP contribution in [0.2, 0.25) is 0 Å². The van der Waals surface area contributed by atoms with E-state index in [1.165, 1.54) is 30.6 Å². The first kappa shape index (κ1) is 16.0. The van der Waals surface area contributed by atoms with Crippen LogP contribution in [0.15, 0.2) is 48.7 Å². The fraction of sp³-hybridized carbons (Fsp3) is 0.421. The number of nitrogen functional groups attached to an aromatic ring is 1. The van der Waals surface area contributed by atoms with Crippen molar-refractivity contribution in [2.75, 3.05) is 32.4 Å². The van der Waals surface area contributed by atoms with E-state index < -0.39 is 0 Å². The Morgan fingerprint density at radius 3 is 2.83 bits per heavy atom. The van der Waals surface area contributed by atoms with Gasteiger partial charge in [-0.15, -0.1) is 0 Å². The average Bonchev–Trinajstić information content (AvgIpc) is 2.95. The lowest BCUT2D eigenvalue weighted by atomic mass is 10.1. The predicted molar refractivity (Wildman–Crippen MR) is 94.8 cm³/mol. The van der Waals surface area contributed by atoms with E-state index in [4.69, 9.17) is 5.73 Å². The molecule has 2 N–H and O–H groups in total. The smallest absolute Gasteiger partial charge is 0.123 e. The predicted octanol–water partition coefficient (Wildman–Crippen LogP) is 2.62. The molecule has 1 fully saturated rings. The van der Waals surface area contributed by atoms with E-state index in [2.05, 4.69) is 52.2 Å². The monoisotopic (exact) mass is 310 g/mol. The van der Waals surface area contributed by atoms with Crippen molar-refractivity contribution in [1.29, 1.82) is 0 Å². The van der Waals surface area contributed by atoms with Crippen LogP contribution in [-0.2, 0) is 13.1 Å². The summed E-state index contributed by atoms with van der Waals surface area (Å²) >= 11 is 0. The number of aromatic nitrogens is 1. The lowest BCUT2D eigenvalue weighted by Gasteiger charge is -2.22. The van der Waals surface area contributed by atoms with Crippen molar-refractivity contribution in [3.05, 3.63) is 59.8 Å². The van der Waals surface area contributed by atoms with Crippen molar-refractivity contribution in [2.45, 2.75) is 19.5 Å². The third kappa shape index (κ3) is 4.78. The van der Waals surface area contributed by atoms with Gasteiger partial charge in [0.15, 0.2) is 0 Å². The first-order valence-electron chi connectivity index (χ1n) is 8.34. The van der Waals surface area contributed by atoms with E-state index in [9.17, 15) is 0 Å². The molecule has 2 heterocycles. The molecule has 1 aromatic heterocycles. The summed E-state index contributed by atoms with van der Waals surface area (Å²) in [6, 6.07) is 14.8. The summed E-state index contributed by atoms with van der Waals surface area (Å²) in [4.78, 5) is 9.01. The Kier molecular flexibility index (Phi) is 5.26. The number of likely N-dealkylation sites (tertiary alicyclic amines) is 1. The Morgan fingerprint density at radius 2 is 2.04 bits per heavy atom. The van der Waals surface area contributed by atoms with Crippen LogP contribution in [-0.4, -0.2) is 41.5 Å². The number of hydrogen-bond acceptors (Lipinski definition) is 4. The van der Waals surface area contributed by atoms with E-state index in [0.29, 0.717) is 5.82 Å². The van der Waals surface area contributed by atoms with Gasteiger partial charge in [0.1, 0.15) is 5.82 Å². The fourth-order valence-corrected chi connectivity index (χ4v) is 3.46. The highest BCUT2D eigenvalue weighted by Gasteiger charge is 2.23. The lowest BCUT2D eigenvalue weighted by molar-refractivity contribution is 0.255. The minimum Gasteiger partial charge on any atom is -0.384 e. The summed E-state index contributed by atoms with van der Waals surface area (Å²) in [7, 11) is 2.19. The van der Waals surface area contributed by atoms with Crippen LogP contribution in [0.25, 0.3) is 0 Å². The summed E-state index contributed by atoms with van der Waals surface area (Å²) in [5, 5.41) is 0. The molecule has 2 aromatic rings. The van der Waals surface area contributed by atoms with Gasteiger partial charge in [-0.3, -0.25) is 4.90 Å². The second kappa shape index (κ2) is 7.57. The Hall–Kier alpha value is -1.91. The van der Waals surface area contributed by atoms with Gasteiger partial charge in [0, 0.05) is 32.4 Å². The molecular formula is C19H26N4. The first-order valence-corrected chi connectivity index (χ1v) is 8.34. The molecular weight excluding hydrogens is 284 g/mol. The average molecular weight is 310 g/mol. The van der Waals surface area contributed by atoms with Crippen molar-refractivity contribution >= 4 is 5.82 Å². The molecule has 0 unspecified atom stereocenters. The molecule has 4 nitrogen and oxygen atoms in total. The fourth-order valence-electron chi connectivity index (χ4n) is 3.46. The second-order valence-electron chi connectivity index (χ2n) is 6.66. The molecule has 1 aromatic carbocycles. The quantitative estimate of drug-likeness (QED) is 0.891. The molecule has 23 heavy (non-hydrogen) atoms. The van der Waals surface area contributed by atoms with Crippen molar-refractivity contribution in [1.82, 2.24) is 14.8 Å². The summed E-state index contributed by atoms with van der Waals surface area (Å²) in [6.45, 7) is 5.53. The van der Waals surface area contributed by atoms with Gasteiger partial charge in [0.2, 0.25) is 0 Å². The lowest BCUT2D eigenvalue weighted by Crippen LogP contribution is -2.28. The zero-order valence-corrected chi connectivity index (χ0v) is 13.9. The van der Waals surface area contributed by atoms with E-state index in [1.807, 2.05) is 12.1 Å². The molecule has 3 rings (SSSR count). The molecule has 0 aliphatic carbocycles. The molecule has 0 bridgehead atoms. The first-order chi connectivity index (χ1) is 11.2. The molecule has 0 saturated carbocycles. The molecule has 1 aliphatic heterocycles. The molecule has 122 valence electrons. The standard InChI is InChI=1S/C19H26N4/c1-22(12-17-7-9-21-19(20)11-17)13-18-8-10-23(15-18)14-16-5-3-2-4-6-16/h2-7,9,11,18H,8,10,12-15H2,1H3,(H2,20,21)/t18-/m0/s1. The third-order valence-corrected chi connectivity index (χ3v) is 4.49. The molecule has 1 aliphatic rings. The van der Waals surface area contributed by atoms with Gasteiger partial charge >= 0.3 is 0 Å². The summed E-state index contributed by atoms with van der Waals surface area (Å²) in [6.07, 6.45) is 3.07. The zero-order chi connectivity index (χ0) is 16.1. The number of hydrogen-bond donors (Lipinski definition) is 1. The maximum absolute atomic E-state index is 5.75. The normalized spacial score (nSPS) is 18.6. The number of pyridine rings is 1. The number of rotatable bonds is 6. The van der Waals surface area contributed by atoms with E-state index >= 15 is 0 Å². The van der Waals surface area contributed by atoms with Crippen molar-refractivity contribution in [3.8, 4) is 0 Å². The van der Waals surface area contributed by atoms with E-state index in [1.54, 1.807) is 6.20 Å². The van der Waals surface area contributed by atoms with Crippen LogP contribution in [0.5, 0.6) is 0 Å². The Labute approximate surface area is 138 Å². The number of nitrogens with two attached hydrogens (primary N) is 1. The van der Waals surface area contributed by atoms with Gasteiger partial charge in [0.25, 0.3) is 0 Å². The van der Waals surface area contributed by atoms with E-state index in [0.717, 1.165) is 25.6 Å². The van der Waals surface area contributed by atoms with Crippen LogP contribution in [0.4, 0.5) is 5.82 Å². The summed E-state index contributed by atoms with van der Waals surface area (Å²) < 4.78 is 0. The third-order valence-electron chi connectivity index (χ3n) is 4.49. The number of benzene rings is 1. The van der Waals surface area contributed by atoms with Crippen LogP contribution < -0.4 is 5.73 Å². The van der Waals surface area contributed by atoms with Gasteiger partial charge < -0.3 is 10.6 Å². The molecule has 1 saturated heterocycles. The molecule has 0 amide bonds. The zero-order valence-electron chi connectivity index (χ0n) is 13.9. The molecule has 4 heteroatoms. The maximum atomic E-state index is 5.75. The topological polar surface area (TPSA) is 45.4 Å². The van der Waals surface area contributed by atoms with Gasteiger partial charge in [-0.05, 0) is 49.2 Å². The van der Waals surface area contributed by atoms with Gasteiger partial charge in [0.05, 0.1) is 0 Å². The van der Waals surface area contributed by atoms with Crippen LogP contribution in [0, 0.1) is 5.92 Å². The SMILES string of the molecule is CN(Cc1ccnc(N)c1)C[C@@H]1CCN(Cc2ccccc2)C1. The minimum atomic E-state index is 0.603. The number of anilines is 1. The van der Waals surface area contributed by atoms with Gasteiger partial charge in [-0.1, -0.05) is 30.3 Å². The van der Waals surface area contributed by atoms with Gasteiger partial charge in [-0.2, -0.15) is 0 Å². The Morgan fingerprint density at radius 1 is 1.22 bits per heavy atom. The molecule has 0 radical (unpaired) electrons. The van der Waals surface area contributed by atoms with Crippen molar-refractivity contribution < 1.29 is 0 Å². The summed E-state index contributed by atoms with van der Waals surface area (Å²) in [5.41, 5.74) is 8.40. The van der Waals surface area contributed by atoms with Crippen LogP contribution in [0.1, 0.15) is 17.5 Å². The summed E-state index contributed by atoms with van der Waals surface area (Å²) in [5.74, 6) is 1.36. The highest BCUT2D eigenvalue weighted by Crippen LogP contribution is 2.20. The molecule has 1 atom stereocenters. The molecule has 0 spiro atoms. The van der Waals surface area contributed by atoms with Crippen LogP contribution in [0.3, 0.4) is 0 Å². The Bertz CT molecular complexity index is 614. The van der Waals surface area contributed by atoms with E-state index in [-0.39, 0.29) is 0 Å². The van der Waals surface area contributed by atoms with Crippen LogP contribution >= 0.6 is 0 Å².